The second kappa shape index (κ2) is 5.82. The molecule has 23 heavy (non-hydrogen) atoms. The van der Waals surface area contributed by atoms with Crippen molar-refractivity contribution in [3.63, 3.8) is 0 Å². The van der Waals surface area contributed by atoms with Crippen LogP contribution >= 0.6 is 0 Å². The minimum atomic E-state index is 0.266. The number of carbonyl (C=O) groups excluding carboxylic acids is 1. The lowest BCUT2D eigenvalue weighted by atomic mass is 9.92. The fourth-order valence-corrected chi connectivity index (χ4v) is 4.50. The van der Waals surface area contributed by atoms with Gasteiger partial charge in [0.2, 0.25) is 5.91 Å². The number of rotatable bonds is 4. The lowest BCUT2D eigenvalue weighted by Gasteiger charge is -2.28. The molecule has 1 aliphatic carbocycles. The van der Waals surface area contributed by atoms with E-state index in [0.717, 1.165) is 39.0 Å². The quantitative estimate of drug-likeness (QED) is 0.893. The molecule has 1 amide bonds. The number of carbonyl (C=O) groups is 1. The predicted octanol–water partition coefficient (Wildman–Crippen LogP) is 1.94. The summed E-state index contributed by atoms with van der Waals surface area (Å²) in [5.74, 6) is 0.550. The van der Waals surface area contributed by atoms with Crippen LogP contribution in [-0.4, -0.2) is 38.1 Å². The number of piperidine rings is 1. The van der Waals surface area contributed by atoms with E-state index in [0.29, 0.717) is 11.5 Å². The Morgan fingerprint density at radius 2 is 2.17 bits per heavy atom. The minimum Gasteiger partial charge on any atom is -0.366 e. The van der Waals surface area contributed by atoms with Gasteiger partial charge >= 0.3 is 0 Å². The second-order valence-electron chi connectivity index (χ2n) is 7.54. The molecule has 4 rings (SSSR count). The number of amides is 1. The van der Waals surface area contributed by atoms with Gasteiger partial charge in [0.25, 0.3) is 0 Å². The van der Waals surface area contributed by atoms with Crippen LogP contribution in [0.4, 0.5) is 5.69 Å². The van der Waals surface area contributed by atoms with E-state index in [4.69, 9.17) is 0 Å². The molecule has 2 fully saturated rings. The maximum absolute atomic E-state index is 12.5. The Morgan fingerprint density at radius 3 is 3.00 bits per heavy atom. The van der Waals surface area contributed by atoms with Gasteiger partial charge < -0.3 is 15.5 Å². The molecule has 1 aromatic carbocycles. The van der Waals surface area contributed by atoms with E-state index in [1.54, 1.807) is 0 Å². The topological polar surface area (TPSA) is 44.4 Å². The summed E-state index contributed by atoms with van der Waals surface area (Å²) in [5.41, 5.74) is 3.11. The molecule has 4 heteroatoms. The SMILES string of the molecule is CC(CNC(=O)C1CC12CCNCC2)N1CCc2ccccc21. The van der Waals surface area contributed by atoms with Crippen molar-refractivity contribution in [1.29, 1.82) is 0 Å². The lowest BCUT2D eigenvalue weighted by molar-refractivity contribution is -0.123. The van der Waals surface area contributed by atoms with Crippen molar-refractivity contribution in [3.05, 3.63) is 29.8 Å². The predicted molar refractivity (Wildman–Crippen MR) is 92.6 cm³/mol. The first-order valence-electron chi connectivity index (χ1n) is 9.03. The van der Waals surface area contributed by atoms with Crippen LogP contribution in [-0.2, 0) is 11.2 Å². The number of fused-ring (bicyclic) bond motifs is 1. The standard InChI is InChI=1S/C19H27N3O/c1-14(22-11-6-15-4-2-3-5-17(15)22)13-21-18(23)16-12-19(16)7-9-20-10-8-19/h2-5,14,16,20H,6-13H2,1H3,(H,21,23). The third-order valence-corrected chi connectivity index (χ3v) is 6.13. The van der Waals surface area contributed by atoms with Crippen molar-refractivity contribution < 1.29 is 4.79 Å². The molecular weight excluding hydrogens is 286 g/mol. The Kier molecular flexibility index (Phi) is 3.80. The summed E-state index contributed by atoms with van der Waals surface area (Å²) in [7, 11) is 0. The molecule has 2 heterocycles. The van der Waals surface area contributed by atoms with E-state index in [2.05, 4.69) is 46.7 Å². The van der Waals surface area contributed by atoms with Crippen LogP contribution < -0.4 is 15.5 Å². The fourth-order valence-electron chi connectivity index (χ4n) is 4.50. The molecule has 0 bridgehead atoms. The highest BCUT2D eigenvalue weighted by Gasteiger charge is 2.57. The second-order valence-corrected chi connectivity index (χ2v) is 7.54. The van der Waals surface area contributed by atoms with E-state index in [1.807, 2.05) is 0 Å². The van der Waals surface area contributed by atoms with Gasteiger partial charge in [-0.1, -0.05) is 18.2 Å². The molecule has 1 spiro atoms. The third kappa shape index (κ3) is 2.74. The number of nitrogens with one attached hydrogen (secondary N) is 2. The minimum absolute atomic E-state index is 0.266. The van der Waals surface area contributed by atoms with E-state index in [1.165, 1.54) is 24.1 Å². The first-order chi connectivity index (χ1) is 11.2. The highest BCUT2D eigenvalue weighted by atomic mass is 16.2. The Labute approximate surface area is 138 Å². The molecule has 124 valence electrons. The summed E-state index contributed by atoms with van der Waals surface area (Å²) in [6.45, 7) is 6.18. The van der Waals surface area contributed by atoms with E-state index >= 15 is 0 Å². The maximum atomic E-state index is 12.5. The van der Waals surface area contributed by atoms with Gasteiger partial charge in [-0.15, -0.1) is 0 Å². The molecule has 0 aromatic heterocycles. The van der Waals surface area contributed by atoms with Crippen molar-refractivity contribution in [3.8, 4) is 0 Å². The zero-order chi connectivity index (χ0) is 15.9. The van der Waals surface area contributed by atoms with Gasteiger partial charge in [-0.05, 0) is 62.7 Å². The van der Waals surface area contributed by atoms with Crippen molar-refractivity contribution in [2.24, 2.45) is 11.3 Å². The molecule has 2 atom stereocenters. The number of benzene rings is 1. The van der Waals surface area contributed by atoms with Crippen LogP contribution in [0.5, 0.6) is 0 Å². The Morgan fingerprint density at radius 1 is 1.39 bits per heavy atom. The molecule has 2 N–H and O–H groups in total. The summed E-state index contributed by atoms with van der Waals surface area (Å²) < 4.78 is 0. The summed E-state index contributed by atoms with van der Waals surface area (Å²) >= 11 is 0. The van der Waals surface area contributed by atoms with Crippen molar-refractivity contribution >= 4 is 11.6 Å². The molecule has 3 aliphatic rings. The molecule has 1 saturated heterocycles. The van der Waals surface area contributed by atoms with Gasteiger partial charge in [0.05, 0.1) is 0 Å². The van der Waals surface area contributed by atoms with Crippen LogP contribution in [0.25, 0.3) is 0 Å². The van der Waals surface area contributed by atoms with Gasteiger partial charge in [-0.2, -0.15) is 0 Å². The molecule has 4 nitrogen and oxygen atoms in total. The normalized spacial score (nSPS) is 26.0. The van der Waals surface area contributed by atoms with Crippen molar-refractivity contribution in [2.45, 2.75) is 38.6 Å². The first-order valence-corrected chi connectivity index (χ1v) is 9.03. The Hall–Kier alpha value is -1.55. The zero-order valence-electron chi connectivity index (χ0n) is 14.0. The van der Waals surface area contributed by atoms with Gasteiger partial charge in [0, 0.05) is 30.7 Å². The van der Waals surface area contributed by atoms with Crippen molar-refractivity contribution in [1.82, 2.24) is 10.6 Å². The van der Waals surface area contributed by atoms with Gasteiger partial charge in [0.15, 0.2) is 0 Å². The number of anilines is 1. The molecule has 1 aromatic rings. The number of hydrogen-bond acceptors (Lipinski definition) is 3. The number of nitrogens with zero attached hydrogens (tertiary/aromatic N) is 1. The van der Waals surface area contributed by atoms with E-state index in [-0.39, 0.29) is 11.8 Å². The van der Waals surface area contributed by atoms with Crippen LogP contribution in [0.3, 0.4) is 0 Å². The molecule has 2 unspecified atom stereocenters. The summed E-state index contributed by atoms with van der Waals surface area (Å²) in [6.07, 6.45) is 4.55. The number of hydrogen-bond donors (Lipinski definition) is 2. The average Bonchev–Trinajstić information content (AvgIpc) is 3.09. The highest BCUT2D eigenvalue weighted by Crippen LogP contribution is 2.58. The van der Waals surface area contributed by atoms with Crippen LogP contribution in [0.1, 0.15) is 31.7 Å². The zero-order valence-corrected chi connectivity index (χ0v) is 14.0. The summed E-state index contributed by atoms with van der Waals surface area (Å²) in [6, 6.07) is 8.98. The highest BCUT2D eigenvalue weighted by molar-refractivity contribution is 5.82. The monoisotopic (exact) mass is 313 g/mol. The summed E-state index contributed by atoms with van der Waals surface area (Å²) in [5, 5.41) is 6.62. The molecule has 1 saturated carbocycles. The van der Waals surface area contributed by atoms with Crippen LogP contribution in [0.2, 0.25) is 0 Å². The Balaban J connectivity index is 1.31. The Bertz CT molecular complexity index is 594. The molecule has 0 radical (unpaired) electrons. The van der Waals surface area contributed by atoms with Crippen molar-refractivity contribution in [2.75, 3.05) is 31.1 Å². The number of para-hydroxylation sites is 1. The van der Waals surface area contributed by atoms with Crippen LogP contribution in [0, 0.1) is 11.3 Å². The summed E-state index contributed by atoms with van der Waals surface area (Å²) in [4.78, 5) is 14.9. The van der Waals surface area contributed by atoms with E-state index in [9.17, 15) is 4.79 Å². The lowest BCUT2D eigenvalue weighted by Crippen LogP contribution is -2.42. The van der Waals surface area contributed by atoms with E-state index < -0.39 is 0 Å². The molecular formula is C19H27N3O. The first kappa shape index (κ1) is 15.0. The smallest absolute Gasteiger partial charge is 0.223 e. The third-order valence-electron chi connectivity index (χ3n) is 6.13. The maximum Gasteiger partial charge on any atom is 0.223 e. The van der Waals surface area contributed by atoms with Crippen LogP contribution in [0.15, 0.2) is 24.3 Å². The molecule has 2 aliphatic heterocycles. The fraction of sp³-hybridized carbons (Fsp3) is 0.632. The largest absolute Gasteiger partial charge is 0.366 e. The van der Waals surface area contributed by atoms with Gasteiger partial charge in [-0.25, -0.2) is 0 Å². The average molecular weight is 313 g/mol. The van der Waals surface area contributed by atoms with Gasteiger partial charge in [0.1, 0.15) is 0 Å². The van der Waals surface area contributed by atoms with Gasteiger partial charge in [-0.3, -0.25) is 4.79 Å².